The van der Waals surface area contributed by atoms with Crippen LogP contribution in [0.15, 0.2) is 72.3 Å². The molecule has 2 aromatic carbocycles. The first-order chi connectivity index (χ1) is 16.8. The molecule has 0 spiro atoms. The SMILES string of the molecule is C/C(=C\COP(=O)(N[C@@H](C)C(=O)OCc1ccccc1)Oc1ccccc1)CO[Si](C)(C)C(C)(C)C. The highest BCUT2D eigenvalue weighted by atomic mass is 31.2. The van der Waals surface area contributed by atoms with E-state index in [2.05, 4.69) is 39.0 Å². The third kappa shape index (κ3) is 10.0. The molecule has 0 radical (unpaired) electrons. The van der Waals surface area contributed by atoms with E-state index < -0.39 is 28.1 Å². The van der Waals surface area contributed by atoms with Crippen molar-refractivity contribution in [2.45, 2.75) is 65.4 Å². The molecule has 0 aliphatic carbocycles. The molecule has 0 aliphatic heterocycles. The molecule has 0 fully saturated rings. The monoisotopic (exact) mass is 533 g/mol. The van der Waals surface area contributed by atoms with Crippen LogP contribution in [-0.4, -0.2) is 33.5 Å². The van der Waals surface area contributed by atoms with Crippen molar-refractivity contribution in [3.63, 3.8) is 0 Å². The van der Waals surface area contributed by atoms with Crippen LogP contribution in [0, 0.1) is 0 Å². The van der Waals surface area contributed by atoms with Gasteiger partial charge in [-0.25, -0.2) is 4.57 Å². The van der Waals surface area contributed by atoms with Crippen molar-refractivity contribution in [3.8, 4) is 5.75 Å². The second kappa shape index (κ2) is 13.4. The van der Waals surface area contributed by atoms with E-state index in [-0.39, 0.29) is 18.3 Å². The number of benzene rings is 2. The lowest BCUT2D eigenvalue weighted by molar-refractivity contribution is -0.146. The average Bonchev–Trinajstić information content (AvgIpc) is 2.81. The Balaban J connectivity index is 2.02. The van der Waals surface area contributed by atoms with E-state index in [1.54, 1.807) is 31.2 Å². The maximum Gasteiger partial charge on any atom is 0.459 e. The van der Waals surface area contributed by atoms with Crippen LogP contribution >= 0.6 is 7.75 Å². The van der Waals surface area contributed by atoms with Gasteiger partial charge in [-0.3, -0.25) is 9.32 Å². The smallest absolute Gasteiger partial charge is 0.459 e. The van der Waals surface area contributed by atoms with Crippen LogP contribution in [0.4, 0.5) is 0 Å². The van der Waals surface area contributed by atoms with Crippen molar-refractivity contribution in [3.05, 3.63) is 77.9 Å². The van der Waals surface area contributed by atoms with Gasteiger partial charge in [-0.2, -0.15) is 5.09 Å². The number of para-hydroxylation sites is 1. The van der Waals surface area contributed by atoms with Gasteiger partial charge >= 0.3 is 13.7 Å². The normalized spacial score (nSPS) is 15.1. The van der Waals surface area contributed by atoms with Crippen LogP contribution < -0.4 is 9.61 Å². The summed E-state index contributed by atoms with van der Waals surface area (Å²) in [5.41, 5.74) is 1.82. The molecule has 198 valence electrons. The number of hydrogen-bond acceptors (Lipinski definition) is 6. The van der Waals surface area contributed by atoms with Crippen molar-refractivity contribution in [1.82, 2.24) is 5.09 Å². The van der Waals surface area contributed by atoms with Gasteiger partial charge in [-0.15, -0.1) is 0 Å². The summed E-state index contributed by atoms with van der Waals surface area (Å²) in [7, 11) is -5.80. The van der Waals surface area contributed by atoms with Gasteiger partial charge in [-0.05, 0) is 49.7 Å². The van der Waals surface area contributed by atoms with Crippen molar-refractivity contribution < 1.29 is 27.6 Å². The standard InChI is InChI=1S/C27H40NO6PSi/c1-22(20-33-36(6,7)27(3,4)5)18-19-32-35(30,34-25-16-12-9-13-17-25)28-23(2)26(29)31-21-24-14-10-8-11-15-24/h8-18,23H,19-21H2,1-7H3,(H,28,30)/b22-18+/t23-,35?/m0/s1. The van der Waals surface area contributed by atoms with E-state index in [0.717, 1.165) is 11.1 Å². The molecular weight excluding hydrogens is 493 g/mol. The third-order valence-corrected chi connectivity index (χ3v) is 12.2. The minimum absolute atomic E-state index is 0.0234. The molecule has 1 unspecified atom stereocenters. The van der Waals surface area contributed by atoms with Gasteiger partial charge in [0.25, 0.3) is 0 Å². The van der Waals surface area contributed by atoms with Gasteiger partial charge < -0.3 is 13.7 Å². The van der Waals surface area contributed by atoms with Crippen LogP contribution in [-0.2, 0) is 29.7 Å². The lowest BCUT2D eigenvalue weighted by Gasteiger charge is -2.36. The van der Waals surface area contributed by atoms with Gasteiger partial charge in [0, 0.05) is 0 Å². The average molecular weight is 534 g/mol. The predicted molar refractivity (Wildman–Crippen MR) is 146 cm³/mol. The van der Waals surface area contributed by atoms with Gasteiger partial charge in [0.2, 0.25) is 0 Å². The second-order valence-corrected chi connectivity index (χ2v) is 16.7. The highest BCUT2D eigenvalue weighted by Crippen LogP contribution is 2.45. The number of ether oxygens (including phenoxy) is 1. The van der Waals surface area contributed by atoms with E-state index in [0.29, 0.717) is 12.4 Å². The molecular formula is C27H40NO6PSi. The Bertz CT molecular complexity index is 1040. The summed E-state index contributed by atoms with van der Waals surface area (Å²) in [6.07, 6.45) is 1.81. The van der Waals surface area contributed by atoms with Gasteiger partial charge in [0.1, 0.15) is 18.4 Å². The van der Waals surface area contributed by atoms with Crippen LogP contribution in [0.2, 0.25) is 18.1 Å². The predicted octanol–water partition coefficient (Wildman–Crippen LogP) is 6.88. The molecule has 0 aromatic heterocycles. The van der Waals surface area contributed by atoms with Crippen molar-refractivity contribution in [1.29, 1.82) is 0 Å². The summed E-state index contributed by atoms with van der Waals surface area (Å²) in [5.74, 6) is -0.200. The molecule has 0 saturated heterocycles. The quantitative estimate of drug-likeness (QED) is 0.130. The maximum absolute atomic E-state index is 13.6. The minimum atomic E-state index is -3.91. The van der Waals surface area contributed by atoms with Gasteiger partial charge in [0.15, 0.2) is 8.32 Å². The Morgan fingerprint density at radius 2 is 1.64 bits per heavy atom. The summed E-state index contributed by atoms with van der Waals surface area (Å²) < 4.78 is 36.5. The number of hydrogen-bond donors (Lipinski definition) is 1. The molecule has 0 heterocycles. The molecule has 2 atom stereocenters. The summed E-state index contributed by atoms with van der Waals surface area (Å²) in [6, 6.07) is 17.1. The Labute approximate surface area is 216 Å². The lowest BCUT2D eigenvalue weighted by atomic mass is 10.2. The first-order valence-electron chi connectivity index (χ1n) is 12.1. The maximum atomic E-state index is 13.6. The zero-order valence-corrected chi connectivity index (χ0v) is 24.3. The summed E-state index contributed by atoms with van der Waals surface area (Å²) in [4.78, 5) is 12.5. The Morgan fingerprint density at radius 3 is 2.22 bits per heavy atom. The first-order valence-corrected chi connectivity index (χ1v) is 16.5. The zero-order valence-electron chi connectivity index (χ0n) is 22.4. The van der Waals surface area contributed by atoms with Crippen molar-refractivity contribution >= 4 is 22.0 Å². The summed E-state index contributed by atoms with van der Waals surface area (Å²) >= 11 is 0. The number of esters is 1. The first kappa shape index (κ1) is 30.0. The summed E-state index contributed by atoms with van der Waals surface area (Å²) in [6.45, 7) is 15.1. The molecule has 36 heavy (non-hydrogen) atoms. The Kier molecular flexibility index (Phi) is 11.1. The summed E-state index contributed by atoms with van der Waals surface area (Å²) in [5, 5.41) is 2.82. The molecule has 0 bridgehead atoms. The fourth-order valence-corrected chi connectivity index (χ4v) is 5.15. The van der Waals surface area contributed by atoms with E-state index in [4.69, 9.17) is 18.2 Å². The second-order valence-electron chi connectivity index (χ2n) is 10.2. The van der Waals surface area contributed by atoms with Crippen LogP contribution in [0.3, 0.4) is 0 Å². The van der Waals surface area contributed by atoms with Crippen LogP contribution in [0.1, 0.15) is 40.2 Å². The van der Waals surface area contributed by atoms with E-state index >= 15 is 0 Å². The van der Waals surface area contributed by atoms with E-state index in [1.807, 2.05) is 49.4 Å². The fraction of sp³-hybridized carbons (Fsp3) is 0.444. The van der Waals surface area contributed by atoms with Gasteiger partial charge in [0.05, 0.1) is 13.2 Å². The van der Waals surface area contributed by atoms with Crippen molar-refractivity contribution in [2.75, 3.05) is 13.2 Å². The lowest BCUT2D eigenvalue weighted by Crippen LogP contribution is -2.41. The Morgan fingerprint density at radius 1 is 1.06 bits per heavy atom. The minimum Gasteiger partial charge on any atom is -0.460 e. The third-order valence-electron chi connectivity index (χ3n) is 6.04. The van der Waals surface area contributed by atoms with E-state index in [1.165, 1.54) is 0 Å². The molecule has 1 N–H and O–H groups in total. The Hall–Kier alpha value is -2.22. The molecule has 2 rings (SSSR count). The number of rotatable bonds is 13. The fourth-order valence-electron chi connectivity index (χ4n) is 2.70. The number of nitrogens with one attached hydrogen (secondary N) is 1. The van der Waals surface area contributed by atoms with Crippen LogP contribution in [0.5, 0.6) is 5.75 Å². The molecule has 0 saturated carbocycles. The topological polar surface area (TPSA) is 83.1 Å². The molecule has 7 nitrogen and oxygen atoms in total. The molecule has 9 heteroatoms. The number of carbonyl (C=O) groups is 1. The van der Waals surface area contributed by atoms with Crippen molar-refractivity contribution in [2.24, 2.45) is 0 Å². The number of carbonyl (C=O) groups excluding carboxylic acids is 1. The molecule has 0 amide bonds. The van der Waals surface area contributed by atoms with E-state index in [9.17, 15) is 9.36 Å². The highest BCUT2D eigenvalue weighted by Gasteiger charge is 2.37. The zero-order chi connectivity index (χ0) is 26.8. The molecule has 0 aliphatic rings. The van der Waals surface area contributed by atoms with Gasteiger partial charge in [-0.1, -0.05) is 81.0 Å². The highest BCUT2D eigenvalue weighted by molar-refractivity contribution is 7.52. The van der Waals surface area contributed by atoms with Crippen LogP contribution in [0.25, 0.3) is 0 Å². The largest absolute Gasteiger partial charge is 0.460 e. The molecule has 2 aromatic rings.